The van der Waals surface area contributed by atoms with Crippen LogP contribution in [-0.4, -0.2) is 15.6 Å². The van der Waals surface area contributed by atoms with Gasteiger partial charge < -0.3 is 14.8 Å². The number of fused-ring (bicyclic) bond motifs is 1. The number of amides is 1. The number of benzene rings is 2. The van der Waals surface area contributed by atoms with Gasteiger partial charge in [-0.2, -0.15) is 0 Å². The van der Waals surface area contributed by atoms with Gasteiger partial charge in [0.05, 0.1) is 5.52 Å². The molecule has 1 amide bonds. The van der Waals surface area contributed by atoms with Crippen LogP contribution in [0.5, 0.6) is 5.75 Å². The van der Waals surface area contributed by atoms with Crippen LogP contribution in [0.3, 0.4) is 0 Å². The predicted molar refractivity (Wildman–Crippen MR) is 81.9 cm³/mol. The Morgan fingerprint density at radius 3 is 2.59 bits per heavy atom. The normalized spacial score (nSPS) is 12.2. The van der Waals surface area contributed by atoms with E-state index in [9.17, 15) is 14.7 Å². The fourth-order valence-corrected chi connectivity index (χ4v) is 2.26. The maximum Gasteiger partial charge on any atom is 0.420 e. The topological polar surface area (TPSA) is 84.5 Å². The van der Waals surface area contributed by atoms with Crippen molar-refractivity contribution in [2.75, 3.05) is 5.32 Å². The van der Waals surface area contributed by atoms with Crippen LogP contribution in [0.2, 0.25) is 0 Å². The van der Waals surface area contributed by atoms with Crippen LogP contribution in [0.1, 0.15) is 13.0 Å². The van der Waals surface area contributed by atoms with Crippen molar-refractivity contribution in [1.29, 1.82) is 0 Å². The number of oxazole rings is 1. The molecule has 0 aliphatic carbocycles. The highest BCUT2D eigenvalue weighted by Gasteiger charge is 2.21. The van der Waals surface area contributed by atoms with Crippen molar-refractivity contribution in [2.45, 2.75) is 13.0 Å². The van der Waals surface area contributed by atoms with Gasteiger partial charge in [0.25, 0.3) is 0 Å². The molecule has 0 saturated carbocycles. The summed E-state index contributed by atoms with van der Waals surface area (Å²) in [5.41, 5.74) is 1.55. The maximum absolute atomic E-state index is 12.3. The van der Waals surface area contributed by atoms with Gasteiger partial charge in [0, 0.05) is 5.69 Å². The largest absolute Gasteiger partial charge is 0.508 e. The Bertz CT molecular complexity index is 877. The lowest BCUT2D eigenvalue weighted by Gasteiger charge is -2.13. The molecule has 0 radical (unpaired) electrons. The molecule has 1 heterocycles. The maximum atomic E-state index is 12.3. The van der Waals surface area contributed by atoms with E-state index in [0.29, 0.717) is 16.8 Å². The molecule has 0 aliphatic rings. The molecular weight excluding hydrogens is 284 g/mol. The summed E-state index contributed by atoms with van der Waals surface area (Å²) in [6.45, 7) is 1.62. The molecule has 2 aromatic carbocycles. The van der Waals surface area contributed by atoms with Gasteiger partial charge in [0.2, 0.25) is 5.91 Å². The van der Waals surface area contributed by atoms with E-state index in [4.69, 9.17) is 4.42 Å². The van der Waals surface area contributed by atoms with Crippen molar-refractivity contribution >= 4 is 22.7 Å². The molecule has 1 atom stereocenters. The number of hydrogen-bond acceptors (Lipinski definition) is 4. The number of para-hydroxylation sites is 2. The minimum absolute atomic E-state index is 0.114. The zero-order chi connectivity index (χ0) is 15.7. The Morgan fingerprint density at radius 2 is 1.86 bits per heavy atom. The molecule has 2 N–H and O–H groups in total. The first-order valence-corrected chi connectivity index (χ1v) is 6.76. The molecular formula is C16H14N2O4. The quantitative estimate of drug-likeness (QED) is 0.728. The number of rotatable bonds is 3. The Hall–Kier alpha value is -3.02. The molecule has 112 valence electrons. The summed E-state index contributed by atoms with van der Waals surface area (Å²) in [6.07, 6.45) is 0. The van der Waals surface area contributed by atoms with Crippen LogP contribution >= 0.6 is 0 Å². The first-order chi connectivity index (χ1) is 10.6. The van der Waals surface area contributed by atoms with Crippen LogP contribution in [0.15, 0.2) is 57.7 Å². The smallest absolute Gasteiger partial charge is 0.420 e. The molecule has 6 heteroatoms. The third-order valence-electron chi connectivity index (χ3n) is 3.42. The summed E-state index contributed by atoms with van der Waals surface area (Å²) in [6, 6.07) is 12.3. The van der Waals surface area contributed by atoms with Crippen molar-refractivity contribution in [2.24, 2.45) is 0 Å². The average molecular weight is 298 g/mol. The second-order valence-corrected chi connectivity index (χ2v) is 4.92. The van der Waals surface area contributed by atoms with E-state index >= 15 is 0 Å². The molecule has 0 aliphatic heterocycles. The van der Waals surface area contributed by atoms with Crippen LogP contribution < -0.4 is 11.1 Å². The van der Waals surface area contributed by atoms with E-state index in [1.165, 1.54) is 16.7 Å². The first kappa shape index (κ1) is 13.9. The lowest BCUT2D eigenvalue weighted by atomic mass is 10.2. The number of anilines is 1. The standard InChI is InChI=1S/C16H14N2O4/c1-10(15(20)17-11-6-8-12(19)9-7-11)18-13-4-2-3-5-14(13)22-16(18)21/h2-10,19H,1H3,(H,17,20). The molecule has 0 saturated heterocycles. The van der Waals surface area contributed by atoms with Gasteiger partial charge in [-0.15, -0.1) is 0 Å². The molecule has 0 fully saturated rings. The lowest BCUT2D eigenvalue weighted by molar-refractivity contribution is -0.118. The summed E-state index contributed by atoms with van der Waals surface area (Å²) in [5.74, 6) is -0.808. The number of carbonyl (C=O) groups is 1. The highest BCUT2D eigenvalue weighted by Crippen LogP contribution is 2.19. The van der Waals surface area contributed by atoms with Gasteiger partial charge in [0.15, 0.2) is 5.58 Å². The van der Waals surface area contributed by atoms with Crippen LogP contribution in [-0.2, 0) is 4.79 Å². The average Bonchev–Trinajstić information content (AvgIpc) is 2.84. The number of aromatic hydroxyl groups is 1. The monoisotopic (exact) mass is 298 g/mol. The van der Waals surface area contributed by atoms with Gasteiger partial charge in [-0.25, -0.2) is 4.79 Å². The van der Waals surface area contributed by atoms with Crippen LogP contribution in [0.25, 0.3) is 11.1 Å². The number of aromatic nitrogens is 1. The molecule has 3 aromatic rings. The highest BCUT2D eigenvalue weighted by molar-refractivity contribution is 5.94. The Labute approximate surface area is 125 Å². The zero-order valence-corrected chi connectivity index (χ0v) is 11.8. The molecule has 6 nitrogen and oxygen atoms in total. The SMILES string of the molecule is CC(C(=O)Nc1ccc(O)cc1)n1c(=O)oc2ccccc21. The zero-order valence-electron chi connectivity index (χ0n) is 11.8. The van der Waals surface area contributed by atoms with Gasteiger partial charge >= 0.3 is 5.76 Å². The van der Waals surface area contributed by atoms with Gasteiger partial charge in [0.1, 0.15) is 11.8 Å². The number of hydrogen-bond donors (Lipinski definition) is 2. The van der Waals surface area contributed by atoms with Crippen LogP contribution in [0, 0.1) is 0 Å². The summed E-state index contributed by atoms with van der Waals surface area (Å²) < 4.78 is 6.44. The molecule has 0 bridgehead atoms. The van der Waals surface area contributed by atoms with E-state index in [1.807, 2.05) is 0 Å². The van der Waals surface area contributed by atoms with Gasteiger partial charge in [-0.3, -0.25) is 9.36 Å². The van der Waals surface area contributed by atoms with E-state index in [2.05, 4.69) is 5.32 Å². The second-order valence-electron chi connectivity index (χ2n) is 4.92. The van der Waals surface area contributed by atoms with Crippen molar-refractivity contribution in [3.8, 4) is 5.75 Å². The lowest BCUT2D eigenvalue weighted by Crippen LogP contribution is -2.29. The van der Waals surface area contributed by atoms with Crippen molar-refractivity contribution in [1.82, 2.24) is 4.57 Å². The fraction of sp³-hybridized carbons (Fsp3) is 0.125. The van der Waals surface area contributed by atoms with E-state index < -0.39 is 11.8 Å². The molecule has 0 spiro atoms. The second kappa shape index (κ2) is 5.40. The fourth-order valence-electron chi connectivity index (χ4n) is 2.26. The first-order valence-electron chi connectivity index (χ1n) is 6.76. The Balaban J connectivity index is 1.90. The molecule has 1 unspecified atom stereocenters. The van der Waals surface area contributed by atoms with Gasteiger partial charge in [-0.1, -0.05) is 12.1 Å². The summed E-state index contributed by atoms with van der Waals surface area (Å²) in [5, 5.41) is 11.9. The molecule has 3 rings (SSSR count). The predicted octanol–water partition coefficient (Wildman–Crippen LogP) is 2.50. The third kappa shape index (κ3) is 2.46. The van der Waals surface area contributed by atoms with Crippen LogP contribution in [0.4, 0.5) is 5.69 Å². The highest BCUT2D eigenvalue weighted by atomic mass is 16.4. The number of phenolic OH excluding ortho intramolecular Hbond substituents is 1. The van der Waals surface area contributed by atoms with E-state index in [0.717, 1.165) is 0 Å². The van der Waals surface area contributed by atoms with Crippen molar-refractivity contribution in [3.63, 3.8) is 0 Å². The number of nitrogens with zero attached hydrogens (tertiary/aromatic N) is 1. The molecule has 22 heavy (non-hydrogen) atoms. The minimum atomic E-state index is -0.732. The summed E-state index contributed by atoms with van der Waals surface area (Å²) in [7, 11) is 0. The number of nitrogens with one attached hydrogen (secondary N) is 1. The van der Waals surface area contributed by atoms with E-state index in [1.54, 1.807) is 43.3 Å². The Morgan fingerprint density at radius 1 is 1.18 bits per heavy atom. The third-order valence-corrected chi connectivity index (χ3v) is 3.42. The Kier molecular flexibility index (Phi) is 3.42. The van der Waals surface area contributed by atoms with Gasteiger partial charge in [-0.05, 0) is 43.3 Å². The summed E-state index contributed by atoms with van der Waals surface area (Å²) >= 11 is 0. The number of carbonyl (C=O) groups excluding carboxylic acids is 1. The van der Waals surface area contributed by atoms with Crippen molar-refractivity contribution < 1.29 is 14.3 Å². The molecule has 1 aromatic heterocycles. The number of phenols is 1. The van der Waals surface area contributed by atoms with E-state index in [-0.39, 0.29) is 11.7 Å². The van der Waals surface area contributed by atoms with Crippen molar-refractivity contribution in [3.05, 3.63) is 59.1 Å². The minimum Gasteiger partial charge on any atom is -0.508 e. The summed E-state index contributed by atoms with van der Waals surface area (Å²) in [4.78, 5) is 24.3.